The number of β-amino-alcohol motifs (C(OH)–C–C–N with tert-alkyl or cyclic N) is 1. The molecule has 20 heteroatoms. The number of benzene rings is 2. The minimum atomic E-state index is -4.70. The van der Waals surface area contributed by atoms with E-state index < -0.39 is 53.0 Å². The van der Waals surface area contributed by atoms with Gasteiger partial charge in [-0.05, 0) is 53.6 Å². The van der Waals surface area contributed by atoms with Crippen molar-refractivity contribution in [3.05, 3.63) is 95.5 Å². The molecule has 1 aliphatic rings. The fourth-order valence-corrected chi connectivity index (χ4v) is 8.86. The highest BCUT2D eigenvalue weighted by Gasteiger charge is 2.44. The molecule has 0 bridgehead atoms. The molecule has 0 saturated carbocycles. The minimum absolute atomic E-state index is 0.00727. The SMILES string of the molecule is Cc1ncsc1-c1ccc(CCNC(=O)[C@@H]2C[C@@H](O)CN2C(=O)[C@@H](NC(=O)COCCOCCOCCOCCOc2ncc(-c3ccc4c(c3)[nH]c3ccncc34)cc2C(F)(F)F)C(C)(C)C)cc1. The zero-order chi connectivity index (χ0) is 49.8. The number of hydrogen-bond acceptors (Lipinski definition) is 13. The third-order valence-electron chi connectivity index (χ3n) is 11.7. The van der Waals surface area contributed by atoms with Gasteiger partial charge in [-0.15, -0.1) is 11.3 Å². The lowest BCUT2D eigenvalue weighted by atomic mass is 9.85. The molecule has 4 aromatic heterocycles. The van der Waals surface area contributed by atoms with Crippen LogP contribution in [0.3, 0.4) is 0 Å². The summed E-state index contributed by atoms with van der Waals surface area (Å²) >= 11 is 1.58. The average Bonchev–Trinajstić information content (AvgIpc) is 4.06. The molecule has 6 aromatic rings. The number of thiazole rings is 1. The van der Waals surface area contributed by atoms with Crippen molar-refractivity contribution in [1.82, 2.24) is 35.5 Å². The molecule has 5 heterocycles. The van der Waals surface area contributed by atoms with Gasteiger partial charge in [-0.25, -0.2) is 9.97 Å². The largest absolute Gasteiger partial charge is 0.475 e. The highest BCUT2D eigenvalue weighted by atomic mass is 32.1. The molecule has 0 radical (unpaired) electrons. The van der Waals surface area contributed by atoms with Gasteiger partial charge in [0.05, 0.1) is 68.4 Å². The number of aromatic nitrogens is 4. The molecule has 16 nitrogen and oxygen atoms in total. The van der Waals surface area contributed by atoms with Crippen molar-refractivity contribution in [3.63, 3.8) is 0 Å². The van der Waals surface area contributed by atoms with Crippen molar-refractivity contribution in [3.8, 4) is 27.4 Å². The Balaban J connectivity index is 0.744. The topological polar surface area (TPSA) is 199 Å². The third kappa shape index (κ3) is 13.6. The van der Waals surface area contributed by atoms with Gasteiger partial charge in [0.15, 0.2) is 0 Å². The summed E-state index contributed by atoms with van der Waals surface area (Å²) < 4.78 is 69.5. The molecule has 3 atom stereocenters. The number of hydrogen-bond donors (Lipinski definition) is 4. The number of aryl methyl sites for hydroxylation is 1. The van der Waals surface area contributed by atoms with Crippen molar-refractivity contribution in [1.29, 1.82) is 0 Å². The number of fused-ring (bicyclic) bond motifs is 3. The Hall–Kier alpha value is -6.03. The summed E-state index contributed by atoms with van der Waals surface area (Å²) in [6, 6.07) is 14.4. The van der Waals surface area contributed by atoms with E-state index in [2.05, 4.69) is 30.6 Å². The van der Waals surface area contributed by atoms with Crippen LogP contribution in [0.4, 0.5) is 13.2 Å². The predicted molar refractivity (Wildman–Crippen MR) is 257 cm³/mol. The average molecular weight is 990 g/mol. The molecule has 2 aromatic carbocycles. The molecule has 0 aliphatic carbocycles. The predicted octanol–water partition coefficient (Wildman–Crippen LogP) is 6.53. The van der Waals surface area contributed by atoms with Gasteiger partial charge in [0.25, 0.3) is 0 Å². The zero-order valence-electron chi connectivity index (χ0n) is 39.5. The first-order chi connectivity index (χ1) is 33.6. The monoisotopic (exact) mass is 989 g/mol. The number of aliphatic hydroxyl groups is 1. The number of amides is 3. The van der Waals surface area contributed by atoms with Gasteiger partial charge in [0.2, 0.25) is 23.6 Å². The Morgan fingerprint density at radius 2 is 1.53 bits per heavy atom. The normalized spacial score (nSPS) is 15.7. The highest BCUT2D eigenvalue weighted by molar-refractivity contribution is 7.13. The van der Waals surface area contributed by atoms with E-state index in [0.717, 1.165) is 49.6 Å². The van der Waals surface area contributed by atoms with Gasteiger partial charge < -0.3 is 49.3 Å². The molecule has 0 spiro atoms. The first-order valence-electron chi connectivity index (χ1n) is 23.0. The molecule has 70 heavy (non-hydrogen) atoms. The van der Waals surface area contributed by atoms with Crippen LogP contribution in [-0.2, 0) is 45.9 Å². The molecule has 1 saturated heterocycles. The number of H-pyrrole nitrogens is 1. The minimum Gasteiger partial charge on any atom is -0.475 e. The fraction of sp³-hybridized carbons (Fsp3) is 0.440. The van der Waals surface area contributed by atoms with Crippen molar-refractivity contribution in [2.75, 3.05) is 72.6 Å². The van der Waals surface area contributed by atoms with Crippen LogP contribution in [-0.4, -0.2) is 138 Å². The van der Waals surface area contributed by atoms with E-state index in [-0.39, 0.29) is 83.9 Å². The first kappa shape index (κ1) is 51.8. The number of likely N-dealkylation sites (tertiary alicyclic amines) is 1. The molecule has 1 fully saturated rings. The van der Waals surface area contributed by atoms with E-state index >= 15 is 0 Å². The van der Waals surface area contributed by atoms with Crippen LogP contribution < -0.4 is 15.4 Å². The number of nitrogens with zero attached hydrogens (tertiary/aromatic N) is 4. The maximum Gasteiger partial charge on any atom is 0.421 e. The number of rotatable bonds is 23. The number of carbonyl (C=O) groups is 3. The van der Waals surface area contributed by atoms with Gasteiger partial charge >= 0.3 is 6.18 Å². The van der Waals surface area contributed by atoms with Crippen molar-refractivity contribution in [2.24, 2.45) is 5.41 Å². The van der Waals surface area contributed by atoms with E-state index in [9.17, 15) is 32.7 Å². The lowest BCUT2D eigenvalue weighted by Gasteiger charge is -2.35. The lowest BCUT2D eigenvalue weighted by Crippen LogP contribution is -2.58. The molecular formula is C50H58F3N7O9S. The van der Waals surface area contributed by atoms with E-state index in [1.807, 2.05) is 48.8 Å². The van der Waals surface area contributed by atoms with Crippen LogP contribution in [0.1, 0.15) is 44.0 Å². The second kappa shape index (κ2) is 23.7. The number of pyridine rings is 2. The quantitative estimate of drug-likeness (QED) is 0.0508. The van der Waals surface area contributed by atoms with Gasteiger partial charge in [0.1, 0.15) is 30.9 Å². The van der Waals surface area contributed by atoms with Crippen molar-refractivity contribution < 1.29 is 56.3 Å². The van der Waals surface area contributed by atoms with Crippen LogP contribution >= 0.6 is 11.3 Å². The number of aliphatic hydroxyl groups excluding tert-OH is 1. The van der Waals surface area contributed by atoms with Crippen LogP contribution in [0.15, 0.2) is 78.7 Å². The number of aromatic amines is 1. The molecule has 4 N–H and O–H groups in total. The Kier molecular flexibility index (Phi) is 17.6. The Bertz CT molecular complexity index is 2710. The maximum atomic E-state index is 14.1. The number of carbonyl (C=O) groups excluding carboxylic acids is 3. The summed E-state index contributed by atoms with van der Waals surface area (Å²) in [5.41, 5.74) is 5.68. The van der Waals surface area contributed by atoms with Crippen molar-refractivity contribution >= 4 is 50.9 Å². The molecule has 1 aliphatic heterocycles. The summed E-state index contributed by atoms with van der Waals surface area (Å²) in [4.78, 5) is 58.4. The molecule has 3 amide bonds. The zero-order valence-corrected chi connectivity index (χ0v) is 40.3. The Morgan fingerprint density at radius 1 is 0.843 bits per heavy atom. The fourth-order valence-electron chi connectivity index (χ4n) is 8.05. The van der Waals surface area contributed by atoms with Gasteiger partial charge in [-0.3, -0.25) is 19.4 Å². The van der Waals surface area contributed by atoms with E-state index in [0.29, 0.717) is 18.5 Å². The van der Waals surface area contributed by atoms with Gasteiger partial charge in [0, 0.05) is 65.5 Å². The lowest BCUT2D eigenvalue weighted by molar-refractivity contribution is -0.144. The third-order valence-corrected chi connectivity index (χ3v) is 12.6. The van der Waals surface area contributed by atoms with E-state index in [1.54, 1.807) is 56.6 Å². The number of ether oxygens (including phenoxy) is 5. The first-order valence-corrected chi connectivity index (χ1v) is 23.9. The van der Waals surface area contributed by atoms with E-state index in [1.165, 1.54) is 11.1 Å². The Morgan fingerprint density at radius 3 is 2.20 bits per heavy atom. The Labute approximate surface area is 407 Å². The summed E-state index contributed by atoms with van der Waals surface area (Å²) in [5, 5.41) is 18.0. The van der Waals surface area contributed by atoms with Gasteiger partial charge in [-0.1, -0.05) is 57.2 Å². The van der Waals surface area contributed by atoms with Gasteiger partial charge in [-0.2, -0.15) is 13.2 Å². The summed E-state index contributed by atoms with van der Waals surface area (Å²) in [5.74, 6) is -1.90. The molecule has 374 valence electrons. The molecule has 7 rings (SSSR count). The number of halogens is 3. The van der Waals surface area contributed by atoms with Crippen LogP contribution in [0.5, 0.6) is 5.88 Å². The van der Waals surface area contributed by atoms with Crippen molar-refractivity contribution in [2.45, 2.75) is 64.9 Å². The second-order valence-corrected chi connectivity index (χ2v) is 18.7. The molecular weight excluding hydrogens is 932 g/mol. The van der Waals surface area contributed by atoms with Crippen LogP contribution in [0, 0.1) is 12.3 Å². The van der Waals surface area contributed by atoms with Crippen LogP contribution in [0.2, 0.25) is 0 Å². The highest BCUT2D eigenvalue weighted by Crippen LogP contribution is 2.38. The smallest absolute Gasteiger partial charge is 0.421 e. The summed E-state index contributed by atoms with van der Waals surface area (Å²) in [6.45, 7) is 8.29. The summed E-state index contributed by atoms with van der Waals surface area (Å²) in [7, 11) is 0. The summed E-state index contributed by atoms with van der Waals surface area (Å²) in [6.07, 6.45) is -0.177. The second-order valence-electron chi connectivity index (χ2n) is 17.9. The molecule has 0 unspecified atom stereocenters. The number of nitrogens with one attached hydrogen (secondary N) is 3. The maximum absolute atomic E-state index is 14.1. The van der Waals surface area contributed by atoms with Crippen LogP contribution in [0.25, 0.3) is 43.4 Å². The van der Waals surface area contributed by atoms with E-state index in [4.69, 9.17) is 23.7 Å². The number of alkyl halides is 3. The standard InChI is InChI=1S/C50H58F3N7O9S/c1-31-44(70-30-57-31)33-7-5-32(6-8-33)11-14-55-46(63)42-25-36(61)28-60(42)48(64)45(49(2,3)4)59-43(62)29-68-20-19-66-16-15-65-17-18-67-21-22-69-47-39(50(51,52)53)23-35(26-56-47)34-9-10-37-38-27-54-13-12-40(38)58-41(37)24-34/h5-10,12-13,23-24,26-27,30,36,42,45,58,61H,11,14-22,25,28-29H2,1-4H3,(H,55,63)(H,59,62)/t36-,42+,45-/m1/s1.